The molecule has 0 N–H and O–H groups in total. The maximum atomic E-state index is 13.0. The monoisotopic (exact) mass is 300 g/mol. The molecule has 1 saturated heterocycles. The fourth-order valence-corrected chi connectivity index (χ4v) is 4.02. The standard InChI is InChI=1S/C19H28N2O/c1-19(2,3)17-13-15(10-11-20-17)18(22)21-12-6-8-14-7-4-5-9-16(14)21/h10-11,13-14,16H,4-9,12H2,1-3H3/t14-,16+/m0/s1. The number of hydrogen-bond donors (Lipinski definition) is 0. The van der Waals surface area contributed by atoms with Crippen LogP contribution in [0.2, 0.25) is 0 Å². The molecule has 2 atom stereocenters. The van der Waals surface area contributed by atoms with Crippen LogP contribution in [0.3, 0.4) is 0 Å². The van der Waals surface area contributed by atoms with Gasteiger partial charge >= 0.3 is 0 Å². The molecule has 0 bridgehead atoms. The van der Waals surface area contributed by atoms with E-state index < -0.39 is 0 Å². The molecule has 0 radical (unpaired) electrons. The van der Waals surface area contributed by atoms with Crippen molar-refractivity contribution in [2.75, 3.05) is 6.54 Å². The minimum Gasteiger partial charge on any atom is -0.335 e. The third-order valence-electron chi connectivity index (χ3n) is 5.28. The number of carbonyl (C=O) groups is 1. The Balaban J connectivity index is 1.84. The van der Waals surface area contributed by atoms with E-state index in [0.717, 1.165) is 30.1 Å². The van der Waals surface area contributed by atoms with E-state index >= 15 is 0 Å². The molecule has 1 aromatic rings. The van der Waals surface area contributed by atoms with Crippen molar-refractivity contribution in [2.24, 2.45) is 5.92 Å². The predicted molar refractivity (Wildman–Crippen MR) is 89.0 cm³/mol. The van der Waals surface area contributed by atoms with Crippen LogP contribution >= 0.6 is 0 Å². The second-order valence-electron chi connectivity index (χ2n) is 7.93. The highest BCUT2D eigenvalue weighted by molar-refractivity contribution is 5.94. The summed E-state index contributed by atoms with van der Waals surface area (Å²) in [5, 5.41) is 0. The van der Waals surface area contributed by atoms with Gasteiger partial charge in [0, 0.05) is 35.5 Å². The van der Waals surface area contributed by atoms with E-state index in [-0.39, 0.29) is 11.3 Å². The Morgan fingerprint density at radius 3 is 2.68 bits per heavy atom. The van der Waals surface area contributed by atoms with E-state index in [1.165, 1.54) is 32.1 Å². The first-order chi connectivity index (χ1) is 10.5. The van der Waals surface area contributed by atoms with Crippen LogP contribution in [0, 0.1) is 5.92 Å². The molecule has 2 aliphatic rings. The molecule has 3 nitrogen and oxygen atoms in total. The number of carbonyl (C=O) groups excluding carboxylic acids is 1. The average Bonchev–Trinajstić information content (AvgIpc) is 2.53. The molecule has 1 aliphatic carbocycles. The number of hydrogen-bond acceptors (Lipinski definition) is 2. The Hall–Kier alpha value is -1.38. The topological polar surface area (TPSA) is 33.2 Å². The number of rotatable bonds is 1. The lowest BCUT2D eigenvalue weighted by atomic mass is 9.78. The summed E-state index contributed by atoms with van der Waals surface area (Å²) >= 11 is 0. The van der Waals surface area contributed by atoms with Gasteiger partial charge in [0.05, 0.1) is 0 Å². The van der Waals surface area contributed by atoms with Gasteiger partial charge in [-0.25, -0.2) is 0 Å². The number of nitrogens with zero attached hydrogens (tertiary/aromatic N) is 2. The predicted octanol–water partition coefficient (Wildman–Crippen LogP) is 4.17. The largest absolute Gasteiger partial charge is 0.335 e. The quantitative estimate of drug-likeness (QED) is 0.779. The molecule has 3 heteroatoms. The van der Waals surface area contributed by atoms with Crippen molar-refractivity contribution >= 4 is 5.91 Å². The highest BCUT2D eigenvalue weighted by Gasteiger charge is 2.36. The van der Waals surface area contributed by atoms with Crippen molar-refractivity contribution in [1.29, 1.82) is 0 Å². The molecule has 1 amide bonds. The van der Waals surface area contributed by atoms with Crippen LogP contribution in [0.5, 0.6) is 0 Å². The molecular weight excluding hydrogens is 272 g/mol. The molecule has 120 valence electrons. The average molecular weight is 300 g/mol. The van der Waals surface area contributed by atoms with E-state index in [1.807, 2.05) is 12.1 Å². The second kappa shape index (κ2) is 6.02. The summed E-state index contributed by atoms with van der Waals surface area (Å²) in [5.74, 6) is 0.944. The molecule has 1 saturated carbocycles. The molecule has 1 aliphatic heterocycles. The zero-order valence-corrected chi connectivity index (χ0v) is 14.1. The Bertz CT molecular complexity index is 545. The van der Waals surface area contributed by atoms with Crippen LogP contribution in [0.1, 0.15) is 75.3 Å². The Labute approximate surface area is 134 Å². The fourth-order valence-electron chi connectivity index (χ4n) is 4.02. The summed E-state index contributed by atoms with van der Waals surface area (Å²) in [6.45, 7) is 7.35. The van der Waals surface area contributed by atoms with Crippen LogP contribution in [-0.2, 0) is 5.41 Å². The molecule has 2 heterocycles. The summed E-state index contributed by atoms with van der Waals surface area (Å²) in [6, 6.07) is 4.35. The van der Waals surface area contributed by atoms with E-state index in [9.17, 15) is 4.79 Å². The van der Waals surface area contributed by atoms with Crippen molar-refractivity contribution in [3.63, 3.8) is 0 Å². The van der Waals surface area contributed by atoms with E-state index in [1.54, 1.807) is 6.20 Å². The Morgan fingerprint density at radius 1 is 1.18 bits per heavy atom. The number of pyridine rings is 1. The number of aromatic nitrogens is 1. The van der Waals surface area contributed by atoms with Crippen LogP contribution in [0.25, 0.3) is 0 Å². The highest BCUT2D eigenvalue weighted by atomic mass is 16.2. The molecule has 0 spiro atoms. The number of piperidine rings is 1. The zero-order valence-electron chi connectivity index (χ0n) is 14.1. The van der Waals surface area contributed by atoms with E-state index in [0.29, 0.717) is 6.04 Å². The van der Waals surface area contributed by atoms with E-state index in [4.69, 9.17) is 0 Å². The normalized spacial score (nSPS) is 25.7. The van der Waals surface area contributed by atoms with Gasteiger partial charge in [0.25, 0.3) is 5.91 Å². The van der Waals surface area contributed by atoms with Crippen molar-refractivity contribution in [2.45, 2.75) is 70.8 Å². The van der Waals surface area contributed by atoms with Crippen molar-refractivity contribution in [1.82, 2.24) is 9.88 Å². The summed E-state index contributed by atoms with van der Waals surface area (Å²) < 4.78 is 0. The van der Waals surface area contributed by atoms with Crippen LogP contribution in [0.15, 0.2) is 18.3 Å². The van der Waals surface area contributed by atoms with Gasteiger partial charge in [0.15, 0.2) is 0 Å². The molecule has 3 rings (SSSR count). The van der Waals surface area contributed by atoms with Crippen LogP contribution in [-0.4, -0.2) is 28.4 Å². The number of likely N-dealkylation sites (tertiary alicyclic amines) is 1. The van der Waals surface area contributed by atoms with Crippen molar-refractivity contribution in [3.8, 4) is 0 Å². The number of amides is 1. The molecule has 2 fully saturated rings. The Morgan fingerprint density at radius 2 is 1.91 bits per heavy atom. The lowest BCUT2D eigenvalue weighted by Crippen LogP contribution is -2.49. The third kappa shape index (κ3) is 3.04. The summed E-state index contributed by atoms with van der Waals surface area (Å²) in [6.07, 6.45) is 9.35. The third-order valence-corrected chi connectivity index (χ3v) is 5.28. The summed E-state index contributed by atoms with van der Waals surface area (Å²) in [4.78, 5) is 19.6. The Kier molecular flexibility index (Phi) is 4.24. The highest BCUT2D eigenvalue weighted by Crippen LogP contribution is 2.36. The van der Waals surface area contributed by atoms with Gasteiger partial charge in [0.1, 0.15) is 0 Å². The van der Waals surface area contributed by atoms with Gasteiger partial charge in [-0.2, -0.15) is 0 Å². The lowest BCUT2D eigenvalue weighted by molar-refractivity contribution is 0.0390. The van der Waals surface area contributed by atoms with Crippen molar-refractivity contribution < 1.29 is 4.79 Å². The van der Waals surface area contributed by atoms with Gasteiger partial charge in [-0.1, -0.05) is 33.6 Å². The SMILES string of the molecule is CC(C)(C)c1cc(C(=O)N2CCC[C@@H]3CCCC[C@H]32)ccn1. The lowest BCUT2D eigenvalue weighted by Gasteiger charge is -2.44. The second-order valence-corrected chi connectivity index (χ2v) is 7.93. The van der Waals surface area contributed by atoms with Crippen LogP contribution < -0.4 is 0 Å². The summed E-state index contributed by atoms with van der Waals surface area (Å²) in [5.41, 5.74) is 1.78. The fraction of sp³-hybridized carbons (Fsp3) is 0.684. The van der Waals surface area contributed by atoms with Gasteiger partial charge < -0.3 is 4.90 Å². The molecule has 0 unspecified atom stereocenters. The van der Waals surface area contributed by atoms with Gasteiger partial charge in [-0.05, 0) is 43.7 Å². The van der Waals surface area contributed by atoms with Crippen molar-refractivity contribution in [3.05, 3.63) is 29.6 Å². The number of fused-ring (bicyclic) bond motifs is 1. The smallest absolute Gasteiger partial charge is 0.254 e. The zero-order chi connectivity index (χ0) is 15.7. The molecule has 1 aromatic heterocycles. The first-order valence-corrected chi connectivity index (χ1v) is 8.74. The molecular formula is C19H28N2O. The first-order valence-electron chi connectivity index (χ1n) is 8.74. The van der Waals surface area contributed by atoms with E-state index in [2.05, 4.69) is 30.7 Å². The van der Waals surface area contributed by atoms with Crippen LogP contribution in [0.4, 0.5) is 0 Å². The first kappa shape index (κ1) is 15.5. The molecule has 0 aromatic carbocycles. The maximum Gasteiger partial charge on any atom is 0.254 e. The van der Waals surface area contributed by atoms with Gasteiger partial charge in [-0.15, -0.1) is 0 Å². The maximum absolute atomic E-state index is 13.0. The van der Waals surface area contributed by atoms with Gasteiger partial charge in [0.2, 0.25) is 0 Å². The molecule has 22 heavy (non-hydrogen) atoms. The summed E-state index contributed by atoms with van der Waals surface area (Å²) in [7, 11) is 0. The minimum atomic E-state index is -0.0223. The van der Waals surface area contributed by atoms with Gasteiger partial charge in [-0.3, -0.25) is 9.78 Å². The minimum absolute atomic E-state index is 0.0223.